The Morgan fingerprint density at radius 2 is 1.60 bits per heavy atom. The van der Waals surface area contributed by atoms with E-state index in [0.717, 1.165) is 0 Å². The average molecular weight is 423 g/mol. The number of carbonyl (C=O) groups is 4. The molecule has 0 aliphatic rings. The van der Waals surface area contributed by atoms with E-state index in [0.29, 0.717) is 12.0 Å². The molecule has 0 aromatic heterocycles. The van der Waals surface area contributed by atoms with Crippen molar-refractivity contribution in [2.75, 3.05) is 0 Å². The topological polar surface area (TPSA) is 142 Å². The summed E-state index contributed by atoms with van der Waals surface area (Å²) < 4.78 is 15.5. The van der Waals surface area contributed by atoms with Crippen molar-refractivity contribution in [3.8, 4) is 11.5 Å². The van der Waals surface area contributed by atoms with Crippen LogP contribution >= 0.6 is 0 Å². The number of ether oxygens (including phenoxy) is 3. The van der Waals surface area contributed by atoms with Gasteiger partial charge < -0.3 is 25.1 Å². The van der Waals surface area contributed by atoms with Crippen molar-refractivity contribution in [1.82, 2.24) is 0 Å². The second-order valence-corrected chi connectivity index (χ2v) is 7.16. The molecule has 0 fully saturated rings. The highest BCUT2D eigenvalue weighted by atomic mass is 16.6. The molecule has 0 radical (unpaired) electrons. The fraction of sp³-hybridized carbons (Fsp3) is 0.524. The molecule has 1 aromatic carbocycles. The number of benzene rings is 1. The number of carboxylic acids is 1. The first-order valence-corrected chi connectivity index (χ1v) is 9.65. The number of hydrogen-bond acceptors (Lipinski definition) is 8. The summed E-state index contributed by atoms with van der Waals surface area (Å²) in [5, 5.41) is 9.44. The van der Waals surface area contributed by atoms with E-state index in [1.54, 1.807) is 13.8 Å². The first-order valence-electron chi connectivity index (χ1n) is 9.65. The number of hydrogen-bond donors (Lipinski definition) is 2. The summed E-state index contributed by atoms with van der Waals surface area (Å²) in [5.74, 6) is -3.93. The molecule has 0 saturated carbocycles. The molecule has 9 nitrogen and oxygen atoms in total. The lowest BCUT2D eigenvalue weighted by Gasteiger charge is -2.26. The highest BCUT2D eigenvalue weighted by Crippen LogP contribution is 2.34. The standard InChI is InChI=1S/C21H29NO8/c1-6-11(2)21(27)28-12(3)9-16(19(22)20(25)26)15-7-8-17(29-13(4)23)18(10-15)30-14(5)24/h7-8,10-12,16,19H,6,9,22H2,1-5H3,(H,25,26)/t11?,12?,16?,19-/m0/s1. The molecule has 0 saturated heterocycles. The van der Waals surface area contributed by atoms with Crippen molar-refractivity contribution in [1.29, 1.82) is 0 Å². The van der Waals surface area contributed by atoms with Gasteiger partial charge in [0.1, 0.15) is 6.04 Å². The first kappa shape index (κ1) is 25.1. The summed E-state index contributed by atoms with van der Waals surface area (Å²) in [6, 6.07) is 3.02. The van der Waals surface area contributed by atoms with E-state index in [4.69, 9.17) is 19.9 Å². The third-order valence-corrected chi connectivity index (χ3v) is 4.54. The van der Waals surface area contributed by atoms with E-state index in [1.165, 1.54) is 32.0 Å². The third-order valence-electron chi connectivity index (χ3n) is 4.54. The van der Waals surface area contributed by atoms with Crippen molar-refractivity contribution < 1.29 is 38.5 Å². The lowest BCUT2D eigenvalue weighted by molar-refractivity contribution is -0.153. The van der Waals surface area contributed by atoms with Crippen LogP contribution in [0.2, 0.25) is 0 Å². The molecule has 1 aromatic rings. The highest BCUT2D eigenvalue weighted by molar-refractivity contribution is 5.76. The van der Waals surface area contributed by atoms with Gasteiger partial charge in [-0.15, -0.1) is 0 Å². The van der Waals surface area contributed by atoms with Crippen LogP contribution in [-0.2, 0) is 23.9 Å². The lowest BCUT2D eigenvalue weighted by atomic mass is 9.87. The van der Waals surface area contributed by atoms with Gasteiger partial charge in [0, 0.05) is 19.8 Å². The smallest absolute Gasteiger partial charge is 0.321 e. The summed E-state index contributed by atoms with van der Waals surface area (Å²) in [5.41, 5.74) is 6.33. The van der Waals surface area contributed by atoms with E-state index in [2.05, 4.69) is 0 Å². The quantitative estimate of drug-likeness (QED) is 0.428. The van der Waals surface area contributed by atoms with Gasteiger partial charge in [-0.1, -0.05) is 19.9 Å². The van der Waals surface area contributed by atoms with Gasteiger partial charge in [-0.05, 0) is 37.5 Å². The van der Waals surface area contributed by atoms with Gasteiger partial charge >= 0.3 is 23.9 Å². The van der Waals surface area contributed by atoms with Crippen molar-refractivity contribution in [3.63, 3.8) is 0 Å². The Labute approximate surface area is 175 Å². The zero-order valence-corrected chi connectivity index (χ0v) is 17.8. The number of nitrogens with two attached hydrogens (primary N) is 1. The van der Waals surface area contributed by atoms with Crippen molar-refractivity contribution in [2.45, 2.75) is 65.5 Å². The maximum Gasteiger partial charge on any atom is 0.321 e. The molecule has 9 heteroatoms. The van der Waals surface area contributed by atoms with Crippen LogP contribution in [0.15, 0.2) is 18.2 Å². The Hall–Kier alpha value is -2.94. The SMILES string of the molecule is CCC(C)C(=O)OC(C)CC(c1ccc(OC(C)=O)c(OC(C)=O)c1)[C@H](N)C(=O)O. The molecule has 0 aliphatic carbocycles. The van der Waals surface area contributed by atoms with Gasteiger partial charge in [-0.3, -0.25) is 19.2 Å². The summed E-state index contributed by atoms with van der Waals surface area (Å²) >= 11 is 0. The first-order chi connectivity index (χ1) is 14.0. The summed E-state index contributed by atoms with van der Waals surface area (Å²) in [6.07, 6.45) is 0.141. The molecule has 1 rings (SSSR count). The second-order valence-electron chi connectivity index (χ2n) is 7.16. The van der Waals surface area contributed by atoms with E-state index < -0.39 is 36.0 Å². The minimum Gasteiger partial charge on any atom is -0.480 e. The molecule has 0 bridgehead atoms. The maximum atomic E-state index is 12.1. The van der Waals surface area contributed by atoms with Gasteiger partial charge in [0.2, 0.25) is 0 Å². The predicted octanol–water partition coefficient (Wildman–Crippen LogP) is 2.40. The van der Waals surface area contributed by atoms with E-state index in [-0.39, 0.29) is 29.8 Å². The van der Waals surface area contributed by atoms with Gasteiger partial charge in [0.25, 0.3) is 0 Å². The minimum atomic E-state index is -1.31. The van der Waals surface area contributed by atoms with Crippen LogP contribution in [0.4, 0.5) is 0 Å². The van der Waals surface area contributed by atoms with Gasteiger partial charge in [0.15, 0.2) is 11.5 Å². The molecule has 166 valence electrons. The van der Waals surface area contributed by atoms with E-state index in [1.807, 2.05) is 6.92 Å². The molecular weight excluding hydrogens is 394 g/mol. The lowest BCUT2D eigenvalue weighted by Crippen LogP contribution is -2.38. The molecule has 0 spiro atoms. The molecule has 30 heavy (non-hydrogen) atoms. The molecule has 3 N–H and O–H groups in total. The molecule has 4 atom stereocenters. The van der Waals surface area contributed by atoms with Crippen molar-refractivity contribution in [2.24, 2.45) is 11.7 Å². The Balaban J connectivity index is 3.24. The summed E-state index contributed by atoms with van der Waals surface area (Å²) in [6.45, 7) is 7.64. The molecule has 0 heterocycles. The minimum absolute atomic E-state index is 0.0142. The number of aliphatic carboxylic acids is 1. The van der Waals surface area contributed by atoms with Gasteiger partial charge in [-0.2, -0.15) is 0 Å². The van der Waals surface area contributed by atoms with Crippen LogP contribution in [0, 0.1) is 5.92 Å². The Kier molecular flexibility index (Phi) is 9.45. The highest BCUT2D eigenvalue weighted by Gasteiger charge is 2.30. The fourth-order valence-corrected chi connectivity index (χ4v) is 2.78. The van der Waals surface area contributed by atoms with Gasteiger partial charge in [0.05, 0.1) is 12.0 Å². The second kappa shape index (κ2) is 11.3. The maximum absolute atomic E-state index is 12.1. The van der Waals surface area contributed by atoms with Crippen LogP contribution in [-0.4, -0.2) is 41.1 Å². The average Bonchev–Trinajstić information content (AvgIpc) is 2.65. The van der Waals surface area contributed by atoms with Crippen molar-refractivity contribution >= 4 is 23.9 Å². The zero-order valence-electron chi connectivity index (χ0n) is 17.8. The molecule has 3 unspecified atom stereocenters. The largest absolute Gasteiger partial charge is 0.480 e. The van der Waals surface area contributed by atoms with Crippen LogP contribution in [0.1, 0.15) is 58.9 Å². The number of carbonyl (C=O) groups excluding carboxylic acids is 3. The van der Waals surface area contributed by atoms with Gasteiger partial charge in [-0.25, -0.2) is 0 Å². The Bertz CT molecular complexity index is 791. The fourth-order valence-electron chi connectivity index (χ4n) is 2.78. The Morgan fingerprint density at radius 1 is 1.03 bits per heavy atom. The number of esters is 3. The Morgan fingerprint density at radius 3 is 2.10 bits per heavy atom. The summed E-state index contributed by atoms with van der Waals surface area (Å²) in [4.78, 5) is 46.3. The van der Waals surface area contributed by atoms with E-state index in [9.17, 15) is 24.3 Å². The molecule has 0 aliphatic heterocycles. The van der Waals surface area contributed by atoms with Crippen LogP contribution < -0.4 is 15.2 Å². The third kappa shape index (κ3) is 7.47. The zero-order chi connectivity index (χ0) is 23.0. The normalized spacial score (nSPS) is 14.7. The van der Waals surface area contributed by atoms with E-state index >= 15 is 0 Å². The predicted molar refractivity (Wildman–Crippen MR) is 107 cm³/mol. The van der Waals surface area contributed by atoms with Crippen LogP contribution in [0.3, 0.4) is 0 Å². The summed E-state index contributed by atoms with van der Waals surface area (Å²) in [7, 11) is 0. The monoisotopic (exact) mass is 423 g/mol. The molecule has 0 amide bonds. The van der Waals surface area contributed by atoms with Crippen LogP contribution in [0.25, 0.3) is 0 Å². The number of rotatable bonds is 10. The number of carboxylic acid groups (broad SMARTS) is 1. The van der Waals surface area contributed by atoms with Crippen LogP contribution in [0.5, 0.6) is 11.5 Å². The van der Waals surface area contributed by atoms with Crippen molar-refractivity contribution in [3.05, 3.63) is 23.8 Å². The molecular formula is C21H29NO8.